The Labute approximate surface area is 163 Å². The third-order valence-corrected chi connectivity index (χ3v) is 5.36. The molecule has 0 rings (SSSR count). The molecule has 0 atom stereocenters. The number of unbranched alkanes of at least 4 members (excludes halogenated alkanes) is 18. The Morgan fingerprint density at radius 2 is 0.720 bits per heavy atom. The molecule has 0 aromatic rings. The van der Waals surface area contributed by atoms with Crippen LogP contribution in [-0.4, -0.2) is 16.8 Å². The topological polar surface area (TPSA) is 37.3 Å². The normalized spacial score (nSPS) is 11.1. The van der Waals surface area contributed by atoms with E-state index in [4.69, 9.17) is 5.11 Å². The van der Waals surface area contributed by atoms with E-state index in [1.165, 1.54) is 109 Å². The summed E-state index contributed by atoms with van der Waals surface area (Å²) in [7, 11) is 0. The first-order chi connectivity index (χ1) is 12.3. The van der Waals surface area contributed by atoms with Crippen LogP contribution in [0.1, 0.15) is 128 Å². The zero-order valence-electron chi connectivity index (χ0n) is 16.7. The Hall–Kier alpha value is -0.180. The predicted octanol–water partition coefficient (Wildman–Crippen LogP) is 7.80. The summed E-state index contributed by atoms with van der Waals surface area (Å²) < 4.78 is 0. The zero-order valence-corrected chi connectivity index (χ0v) is 17.5. The van der Waals surface area contributed by atoms with Crippen LogP contribution in [0.25, 0.3) is 0 Å². The summed E-state index contributed by atoms with van der Waals surface area (Å²) >= 11 is 4.25. The van der Waals surface area contributed by atoms with Crippen molar-refractivity contribution < 1.29 is 9.90 Å². The van der Waals surface area contributed by atoms with Gasteiger partial charge in [0.15, 0.2) is 0 Å². The van der Waals surface area contributed by atoms with Gasteiger partial charge in [0.1, 0.15) is 0 Å². The number of rotatable bonds is 21. The summed E-state index contributed by atoms with van der Waals surface area (Å²) in [5, 5.41) is 8.56. The molecule has 0 saturated carbocycles. The van der Waals surface area contributed by atoms with Gasteiger partial charge in [-0.2, -0.15) is 12.6 Å². The standard InChI is InChI=1S/C22H44O2S/c23-22(24)20-18-16-14-12-10-8-6-4-2-1-3-5-7-9-11-13-15-17-19-21-25/h25H,1-21H2,(H,23,24). The van der Waals surface area contributed by atoms with Crippen molar-refractivity contribution in [1.82, 2.24) is 0 Å². The molecule has 25 heavy (non-hydrogen) atoms. The van der Waals surface area contributed by atoms with Crippen LogP contribution in [0, 0.1) is 0 Å². The highest BCUT2D eigenvalue weighted by atomic mass is 32.1. The molecule has 0 aliphatic heterocycles. The van der Waals surface area contributed by atoms with Crippen molar-refractivity contribution in [2.75, 3.05) is 5.75 Å². The highest BCUT2D eigenvalue weighted by Crippen LogP contribution is 2.14. The van der Waals surface area contributed by atoms with E-state index in [0.717, 1.165) is 18.6 Å². The van der Waals surface area contributed by atoms with E-state index in [1.54, 1.807) is 0 Å². The molecule has 2 nitrogen and oxygen atoms in total. The first-order valence-electron chi connectivity index (χ1n) is 11.1. The summed E-state index contributed by atoms with van der Waals surface area (Å²) in [6, 6.07) is 0. The van der Waals surface area contributed by atoms with Crippen LogP contribution in [0.15, 0.2) is 0 Å². The van der Waals surface area contributed by atoms with Gasteiger partial charge in [-0.1, -0.05) is 109 Å². The second kappa shape index (κ2) is 21.9. The Bertz CT molecular complexity index is 269. The van der Waals surface area contributed by atoms with E-state index in [1.807, 2.05) is 0 Å². The second-order valence-electron chi connectivity index (χ2n) is 7.58. The van der Waals surface area contributed by atoms with Gasteiger partial charge in [0.05, 0.1) is 0 Å². The molecule has 1 N–H and O–H groups in total. The minimum atomic E-state index is -0.653. The number of aliphatic carboxylic acids is 1. The molecule has 0 spiro atoms. The SMILES string of the molecule is O=C(O)CCCCCCCCCCCCCCCCCCCCCS. The minimum Gasteiger partial charge on any atom is -0.481 e. The molecular weight excluding hydrogens is 328 g/mol. The molecular formula is C22H44O2S. The third-order valence-electron chi connectivity index (χ3n) is 5.05. The molecule has 0 aliphatic carbocycles. The number of hydrogen-bond donors (Lipinski definition) is 2. The smallest absolute Gasteiger partial charge is 0.303 e. The number of carboxylic acid groups (broad SMARTS) is 1. The largest absolute Gasteiger partial charge is 0.481 e. The maximum Gasteiger partial charge on any atom is 0.303 e. The molecule has 0 bridgehead atoms. The van der Waals surface area contributed by atoms with Crippen molar-refractivity contribution in [2.45, 2.75) is 128 Å². The van der Waals surface area contributed by atoms with Crippen LogP contribution in [0.3, 0.4) is 0 Å². The maximum absolute atomic E-state index is 10.4. The fourth-order valence-corrected chi connectivity index (χ4v) is 3.62. The maximum atomic E-state index is 10.4. The van der Waals surface area contributed by atoms with Gasteiger partial charge in [-0.15, -0.1) is 0 Å². The first kappa shape index (κ1) is 24.8. The molecule has 150 valence electrons. The Morgan fingerprint density at radius 3 is 0.960 bits per heavy atom. The number of carboxylic acids is 1. The Morgan fingerprint density at radius 1 is 0.480 bits per heavy atom. The van der Waals surface area contributed by atoms with Gasteiger partial charge in [0, 0.05) is 6.42 Å². The van der Waals surface area contributed by atoms with Crippen molar-refractivity contribution in [3.63, 3.8) is 0 Å². The summed E-state index contributed by atoms with van der Waals surface area (Å²) in [6.45, 7) is 0. The van der Waals surface area contributed by atoms with Gasteiger partial charge in [-0.05, 0) is 18.6 Å². The van der Waals surface area contributed by atoms with Gasteiger partial charge in [-0.25, -0.2) is 0 Å². The predicted molar refractivity (Wildman–Crippen MR) is 114 cm³/mol. The highest BCUT2D eigenvalue weighted by Gasteiger charge is 1.97. The zero-order chi connectivity index (χ0) is 18.4. The van der Waals surface area contributed by atoms with Crippen LogP contribution < -0.4 is 0 Å². The number of hydrogen-bond acceptors (Lipinski definition) is 2. The van der Waals surface area contributed by atoms with Crippen LogP contribution >= 0.6 is 12.6 Å². The highest BCUT2D eigenvalue weighted by molar-refractivity contribution is 7.80. The molecule has 0 aliphatic rings. The van der Waals surface area contributed by atoms with Crippen LogP contribution in [0.5, 0.6) is 0 Å². The van der Waals surface area contributed by atoms with Crippen LogP contribution in [-0.2, 0) is 4.79 Å². The van der Waals surface area contributed by atoms with E-state index in [2.05, 4.69) is 12.6 Å². The average Bonchev–Trinajstić information content (AvgIpc) is 2.60. The van der Waals surface area contributed by atoms with Gasteiger partial charge < -0.3 is 5.11 Å². The van der Waals surface area contributed by atoms with Gasteiger partial charge in [0.2, 0.25) is 0 Å². The molecule has 0 fully saturated rings. The average molecular weight is 373 g/mol. The van der Waals surface area contributed by atoms with Crippen molar-refractivity contribution in [2.24, 2.45) is 0 Å². The molecule has 0 saturated heterocycles. The number of thiol groups is 1. The van der Waals surface area contributed by atoms with Crippen molar-refractivity contribution in [3.05, 3.63) is 0 Å². The lowest BCUT2D eigenvalue weighted by Crippen LogP contribution is -1.93. The lowest BCUT2D eigenvalue weighted by atomic mass is 10.0. The van der Waals surface area contributed by atoms with Gasteiger partial charge in [-0.3, -0.25) is 4.79 Å². The fourth-order valence-electron chi connectivity index (χ4n) is 3.39. The monoisotopic (exact) mass is 372 g/mol. The third kappa shape index (κ3) is 23.8. The van der Waals surface area contributed by atoms with E-state index >= 15 is 0 Å². The lowest BCUT2D eigenvalue weighted by Gasteiger charge is -2.04. The van der Waals surface area contributed by atoms with Crippen LogP contribution in [0.4, 0.5) is 0 Å². The molecule has 0 unspecified atom stereocenters. The quantitative estimate of drug-likeness (QED) is 0.159. The van der Waals surface area contributed by atoms with Crippen molar-refractivity contribution >= 4 is 18.6 Å². The van der Waals surface area contributed by atoms with E-state index in [-0.39, 0.29) is 0 Å². The fraction of sp³-hybridized carbons (Fsp3) is 0.955. The van der Waals surface area contributed by atoms with Crippen molar-refractivity contribution in [3.8, 4) is 0 Å². The Kier molecular flexibility index (Phi) is 21.7. The Balaban J connectivity index is 2.97. The van der Waals surface area contributed by atoms with Gasteiger partial charge >= 0.3 is 5.97 Å². The van der Waals surface area contributed by atoms with Gasteiger partial charge in [0.25, 0.3) is 0 Å². The van der Waals surface area contributed by atoms with E-state index in [0.29, 0.717) is 6.42 Å². The van der Waals surface area contributed by atoms with E-state index in [9.17, 15) is 4.79 Å². The molecule has 0 radical (unpaired) electrons. The molecule has 0 amide bonds. The summed E-state index contributed by atoms with van der Waals surface area (Å²) in [4.78, 5) is 10.4. The number of carbonyl (C=O) groups is 1. The molecule has 0 heterocycles. The van der Waals surface area contributed by atoms with E-state index < -0.39 is 5.97 Å². The summed E-state index contributed by atoms with van der Waals surface area (Å²) in [6.07, 6.45) is 25.8. The molecule has 0 aromatic heterocycles. The summed E-state index contributed by atoms with van der Waals surface area (Å²) in [5.74, 6) is 0.397. The molecule has 0 aromatic carbocycles. The first-order valence-corrected chi connectivity index (χ1v) is 11.7. The summed E-state index contributed by atoms with van der Waals surface area (Å²) in [5.41, 5.74) is 0. The lowest BCUT2D eigenvalue weighted by molar-refractivity contribution is -0.137. The second-order valence-corrected chi connectivity index (χ2v) is 8.03. The minimum absolute atomic E-state index is 0.344. The van der Waals surface area contributed by atoms with Crippen molar-refractivity contribution in [1.29, 1.82) is 0 Å². The molecule has 3 heteroatoms. The van der Waals surface area contributed by atoms with Crippen LogP contribution in [0.2, 0.25) is 0 Å².